The van der Waals surface area contributed by atoms with Gasteiger partial charge in [0.05, 0.1) is 20.4 Å². The van der Waals surface area contributed by atoms with Crippen LogP contribution in [0.15, 0.2) is 82.6 Å². The van der Waals surface area contributed by atoms with Gasteiger partial charge in [-0.3, -0.25) is 10.1 Å². The van der Waals surface area contributed by atoms with Crippen molar-refractivity contribution in [1.82, 2.24) is 0 Å². The Kier molecular flexibility index (Phi) is 5.32. The lowest BCUT2D eigenvalue weighted by Gasteiger charge is -2.18. The van der Waals surface area contributed by atoms with E-state index in [4.69, 9.17) is 0 Å². The second-order valence-corrected chi connectivity index (χ2v) is 8.24. The highest BCUT2D eigenvalue weighted by molar-refractivity contribution is 7.91. The molecule has 1 N–H and O–H groups in total. The minimum absolute atomic E-state index is 0.0364. The van der Waals surface area contributed by atoms with Crippen molar-refractivity contribution in [1.29, 1.82) is 0 Å². The summed E-state index contributed by atoms with van der Waals surface area (Å²) in [4.78, 5) is 12.5. The number of nitrogens with one attached hydrogen (secondary N) is 1. The van der Waals surface area contributed by atoms with Crippen molar-refractivity contribution in [2.75, 3.05) is 24.3 Å². The summed E-state index contributed by atoms with van der Waals surface area (Å²) >= 11 is 0. The van der Waals surface area contributed by atoms with E-state index in [0.29, 0.717) is 11.4 Å². The average Bonchev–Trinajstić information content (AvgIpc) is 2.69. The number of rotatable bonds is 6. The van der Waals surface area contributed by atoms with Crippen LogP contribution < -0.4 is 10.2 Å². The summed E-state index contributed by atoms with van der Waals surface area (Å²) in [6.45, 7) is 0. The first-order valence-corrected chi connectivity index (χ1v) is 9.90. The fourth-order valence-electron chi connectivity index (χ4n) is 2.66. The summed E-state index contributed by atoms with van der Waals surface area (Å²) in [7, 11) is -0.103. The predicted molar refractivity (Wildman–Crippen MR) is 109 cm³/mol. The van der Waals surface area contributed by atoms with Gasteiger partial charge in [0, 0.05) is 37.6 Å². The standard InChI is InChI=1S/C20H19N3O4S/c1-22(2)17-12-13-19(21-15-8-10-16(11-9-15)23(24)25)20(14-17)28(26,27)18-6-4-3-5-7-18/h3-14,21H,1-2H3. The van der Waals surface area contributed by atoms with Gasteiger partial charge in [0.15, 0.2) is 0 Å². The Labute approximate surface area is 163 Å². The van der Waals surface area contributed by atoms with E-state index >= 15 is 0 Å². The van der Waals surface area contributed by atoms with Crippen LogP contribution in [0.3, 0.4) is 0 Å². The van der Waals surface area contributed by atoms with Crippen LogP contribution in [0.4, 0.5) is 22.7 Å². The summed E-state index contributed by atoms with van der Waals surface area (Å²) in [5, 5.41) is 13.9. The van der Waals surface area contributed by atoms with Gasteiger partial charge in [-0.1, -0.05) is 18.2 Å². The lowest BCUT2D eigenvalue weighted by Crippen LogP contribution is -2.11. The monoisotopic (exact) mass is 397 g/mol. The molecule has 0 saturated carbocycles. The fraction of sp³-hybridized carbons (Fsp3) is 0.100. The lowest BCUT2D eigenvalue weighted by molar-refractivity contribution is -0.384. The molecule has 0 fully saturated rings. The van der Waals surface area contributed by atoms with E-state index in [-0.39, 0.29) is 15.5 Å². The number of anilines is 3. The van der Waals surface area contributed by atoms with Crippen molar-refractivity contribution in [3.05, 3.63) is 82.9 Å². The summed E-state index contributed by atoms with van der Waals surface area (Å²) in [6.07, 6.45) is 0. The van der Waals surface area contributed by atoms with Crippen LogP contribution >= 0.6 is 0 Å². The van der Waals surface area contributed by atoms with Crippen molar-refractivity contribution in [2.24, 2.45) is 0 Å². The van der Waals surface area contributed by atoms with Crippen LogP contribution in [0.25, 0.3) is 0 Å². The number of non-ortho nitro benzene ring substituents is 1. The molecule has 7 nitrogen and oxygen atoms in total. The number of hydrogen-bond donors (Lipinski definition) is 1. The molecule has 144 valence electrons. The molecule has 0 bridgehead atoms. The van der Waals surface area contributed by atoms with Crippen molar-refractivity contribution < 1.29 is 13.3 Å². The van der Waals surface area contributed by atoms with Gasteiger partial charge in [-0.05, 0) is 42.5 Å². The normalized spacial score (nSPS) is 11.1. The molecular weight excluding hydrogens is 378 g/mol. The molecule has 3 rings (SSSR count). The van der Waals surface area contributed by atoms with Crippen LogP contribution in [0.5, 0.6) is 0 Å². The Balaban J connectivity index is 2.07. The molecule has 0 aliphatic rings. The number of nitro groups is 1. The Morgan fingerprint density at radius 3 is 2.14 bits per heavy atom. The molecule has 0 amide bonds. The molecule has 0 radical (unpaired) electrons. The first-order valence-electron chi connectivity index (χ1n) is 8.42. The average molecular weight is 397 g/mol. The molecule has 0 atom stereocenters. The third-order valence-electron chi connectivity index (χ3n) is 4.18. The number of nitro benzene ring substituents is 1. The highest BCUT2D eigenvalue weighted by Crippen LogP contribution is 2.33. The highest BCUT2D eigenvalue weighted by atomic mass is 32.2. The van der Waals surface area contributed by atoms with Crippen LogP contribution in [-0.4, -0.2) is 27.4 Å². The summed E-state index contributed by atoms with van der Waals surface area (Å²) in [6, 6.07) is 19.1. The molecule has 0 unspecified atom stereocenters. The van der Waals surface area contributed by atoms with E-state index in [1.807, 2.05) is 19.0 Å². The van der Waals surface area contributed by atoms with E-state index in [1.165, 1.54) is 24.3 Å². The SMILES string of the molecule is CN(C)c1ccc(Nc2ccc([N+](=O)[O-])cc2)c(S(=O)(=O)c2ccccc2)c1. The van der Waals surface area contributed by atoms with Gasteiger partial charge in [-0.2, -0.15) is 0 Å². The van der Waals surface area contributed by atoms with Crippen LogP contribution in [0.2, 0.25) is 0 Å². The van der Waals surface area contributed by atoms with Gasteiger partial charge < -0.3 is 10.2 Å². The molecule has 0 heterocycles. The number of benzene rings is 3. The molecule has 28 heavy (non-hydrogen) atoms. The highest BCUT2D eigenvalue weighted by Gasteiger charge is 2.22. The second-order valence-electron chi connectivity index (χ2n) is 6.32. The molecule has 0 saturated heterocycles. The molecule has 0 spiro atoms. The molecule has 3 aromatic rings. The third kappa shape index (κ3) is 3.96. The molecule has 3 aromatic carbocycles. The number of nitrogens with zero attached hydrogens (tertiary/aromatic N) is 2. The zero-order valence-corrected chi connectivity index (χ0v) is 16.2. The molecule has 0 aliphatic heterocycles. The van der Waals surface area contributed by atoms with Crippen molar-refractivity contribution >= 4 is 32.6 Å². The largest absolute Gasteiger partial charge is 0.378 e. The fourth-order valence-corrected chi connectivity index (χ4v) is 4.12. The van der Waals surface area contributed by atoms with Gasteiger partial charge in [-0.25, -0.2) is 8.42 Å². The topological polar surface area (TPSA) is 92.5 Å². The quantitative estimate of drug-likeness (QED) is 0.494. The van der Waals surface area contributed by atoms with Crippen molar-refractivity contribution in [2.45, 2.75) is 9.79 Å². The van der Waals surface area contributed by atoms with Gasteiger partial charge >= 0.3 is 0 Å². The number of sulfone groups is 1. The third-order valence-corrected chi connectivity index (χ3v) is 5.99. The maximum absolute atomic E-state index is 13.2. The van der Waals surface area contributed by atoms with E-state index in [9.17, 15) is 18.5 Å². The van der Waals surface area contributed by atoms with Gasteiger partial charge in [-0.15, -0.1) is 0 Å². The Bertz CT molecular complexity index is 1100. The molecule has 8 heteroatoms. The number of hydrogen-bond acceptors (Lipinski definition) is 6. The first kappa shape index (κ1) is 19.4. The maximum atomic E-state index is 13.2. The molecular formula is C20H19N3O4S. The van der Waals surface area contributed by atoms with E-state index in [0.717, 1.165) is 5.69 Å². The van der Waals surface area contributed by atoms with Crippen molar-refractivity contribution in [3.63, 3.8) is 0 Å². The van der Waals surface area contributed by atoms with Gasteiger partial charge in [0.2, 0.25) is 9.84 Å². The van der Waals surface area contributed by atoms with Crippen LogP contribution in [0.1, 0.15) is 0 Å². The smallest absolute Gasteiger partial charge is 0.269 e. The molecule has 0 aromatic heterocycles. The van der Waals surface area contributed by atoms with Gasteiger partial charge in [0.25, 0.3) is 5.69 Å². The van der Waals surface area contributed by atoms with E-state index < -0.39 is 14.8 Å². The minimum atomic E-state index is -3.76. The Morgan fingerprint density at radius 2 is 1.57 bits per heavy atom. The second kappa shape index (κ2) is 7.69. The summed E-state index contributed by atoms with van der Waals surface area (Å²) < 4.78 is 26.4. The van der Waals surface area contributed by atoms with E-state index in [1.54, 1.807) is 48.5 Å². The summed E-state index contributed by atoms with van der Waals surface area (Å²) in [5.41, 5.74) is 1.64. The van der Waals surface area contributed by atoms with Crippen LogP contribution in [0, 0.1) is 10.1 Å². The first-order chi connectivity index (χ1) is 13.3. The Hall–Kier alpha value is -3.39. The minimum Gasteiger partial charge on any atom is -0.378 e. The zero-order chi connectivity index (χ0) is 20.3. The van der Waals surface area contributed by atoms with Crippen molar-refractivity contribution in [3.8, 4) is 0 Å². The summed E-state index contributed by atoms with van der Waals surface area (Å²) in [5.74, 6) is 0. The zero-order valence-electron chi connectivity index (χ0n) is 15.4. The van der Waals surface area contributed by atoms with E-state index in [2.05, 4.69) is 5.32 Å². The molecule has 0 aliphatic carbocycles. The lowest BCUT2D eigenvalue weighted by atomic mass is 10.2. The van der Waals surface area contributed by atoms with Gasteiger partial charge in [0.1, 0.15) is 0 Å². The Morgan fingerprint density at radius 1 is 0.929 bits per heavy atom. The van der Waals surface area contributed by atoms with Crippen LogP contribution in [-0.2, 0) is 9.84 Å². The maximum Gasteiger partial charge on any atom is 0.269 e. The predicted octanol–water partition coefficient (Wildman–Crippen LogP) is 4.24.